The van der Waals surface area contributed by atoms with Gasteiger partial charge in [0.15, 0.2) is 6.23 Å². The Kier molecular flexibility index (Phi) is 5.00. The fourth-order valence-electron chi connectivity index (χ4n) is 2.17. The third-order valence-corrected chi connectivity index (χ3v) is 3.82. The van der Waals surface area contributed by atoms with Crippen LogP contribution in [0.1, 0.15) is 6.23 Å². The Hall–Kier alpha value is -1.29. The second-order valence-electron chi connectivity index (χ2n) is 4.87. The van der Waals surface area contributed by atoms with E-state index in [9.17, 15) is 19.3 Å². The summed E-state index contributed by atoms with van der Waals surface area (Å²) in [5.74, 6) is 0. The van der Waals surface area contributed by atoms with E-state index in [0.29, 0.717) is 0 Å². The molecule has 3 N–H and O–H groups in total. The quantitative estimate of drug-likeness (QED) is 0.560. The van der Waals surface area contributed by atoms with Crippen LogP contribution in [0.2, 0.25) is 0 Å². The highest BCUT2D eigenvalue weighted by atomic mass is 31.2. The van der Waals surface area contributed by atoms with Crippen LogP contribution < -0.4 is 11.2 Å². The molecular formula is C11H17N2O8P. The first kappa shape index (κ1) is 17.1. The Morgan fingerprint density at radius 1 is 1.50 bits per heavy atom. The minimum Gasteiger partial charge on any atom is -0.387 e. The fraction of sp³-hybridized carbons (Fsp3) is 0.636. The predicted octanol–water partition coefficient (Wildman–Crippen LogP) is -1.36. The van der Waals surface area contributed by atoms with Gasteiger partial charge in [-0.1, -0.05) is 0 Å². The topological polar surface area (TPSA) is 140 Å². The summed E-state index contributed by atoms with van der Waals surface area (Å²) in [5, 5.41) is 10.1. The predicted molar refractivity (Wildman–Crippen MR) is 73.7 cm³/mol. The number of ether oxygens (including phenoxy) is 2. The van der Waals surface area contributed by atoms with Gasteiger partial charge >= 0.3 is 13.3 Å². The minimum atomic E-state index is -3.73. The molecule has 1 aromatic heterocycles. The molecule has 0 aliphatic carbocycles. The third-order valence-electron chi connectivity index (χ3n) is 3.19. The highest BCUT2D eigenvalue weighted by molar-refractivity contribution is 7.51. The van der Waals surface area contributed by atoms with Gasteiger partial charge in [0.1, 0.15) is 18.3 Å². The molecule has 0 amide bonds. The Labute approximate surface area is 124 Å². The van der Waals surface area contributed by atoms with Gasteiger partial charge in [-0.05, 0) is 0 Å². The van der Waals surface area contributed by atoms with E-state index in [0.717, 1.165) is 17.3 Å². The van der Waals surface area contributed by atoms with Gasteiger partial charge in [-0.25, -0.2) is 4.79 Å². The van der Waals surface area contributed by atoms with Crippen molar-refractivity contribution in [1.29, 1.82) is 0 Å². The van der Waals surface area contributed by atoms with Crippen molar-refractivity contribution in [3.05, 3.63) is 33.1 Å². The molecule has 1 saturated heterocycles. The number of aliphatic hydroxyl groups excluding tert-OH is 1. The lowest BCUT2D eigenvalue weighted by atomic mass is 10.1. The standard InChI is InChI=1S/C11H17N2O8P/c1-19-9-8(15)6(5-20-22(2,17)18)21-10(9)13-4-3-7(14)12-11(13)16/h3-4,6,8-10,15H,5H2,1-2H3,(H,17,18)(H,12,14,16)/t6-,8+,9-,10-/m1/s1. The van der Waals surface area contributed by atoms with Gasteiger partial charge in [-0.15, -0.1) is 0 Å². The van der Waals surface area contributed by atoms with Crippen molar-refractivity contribution in [3.63, 3.8) is 0 Å². The van der Waals surface area contributed by atoms with E-state index in [1.54, 1.807) is 0 Å². The van der Waals surface area contributed by atoms with Crippen LogP contribution in [0.5, 0.6) is 0 Å². The molecule has 124 valence electrons. The molecule has 2 rings (SSSR count). The Morgan fingerprint density at radius 2 is 2.18 bits per heavy atom. The maximum absolute atomic E-state index is 11.8. The van der Waals surface area contributed by atoms with Crippen molar-refractivity contribution < 1.29 is 28.6 Å². The van der Waals surface area contributed by atoms with E-state index < -0.39 is 43.4 Å². The van der Waals surface area contributed by atoms with Crippen LogP contribution in [0.15, 0.2) is 21.9 Å². The second-order valence-corrected chi connectivity index (χ2v) is 6.74. The summed E-state index contributed by atoms with van der Waals surface area (Å²) < 4.78 is 27.5. The van der Waals surface area contributed by atoms with E-state index >= 15 is 0 Å². The summed E-state index contributed by atoms with van der Waals surface area (Å²) in [6, 6.07) is 1.13. The van der Waals surface area contributed by atoms with Gasteiger partial charge in [-0.2, -0.15) is 0 Å². The SMILES string of the molecule is CO[C@@H]1[C@@H](O)[C@@H](COP(C)(=O)O)O[C@H]1n1ccc(=O)[nH]c1=O. The molecular weight excluding hydrogens is 319 g/mol. The molecule has 0 saturated carbocycles. The average Bonchev–Trinajstić information content (AvgIpc) is 2.72. The molecule has 10 nitrogen and oxygen atoms in total. The first-order valence-corrected chi connectivity index (χ1v) is 8.38. The molecule has 11 heteroatoms. The monoisotopic (exact) mass is 336 g/mol. The number of nitrogens with one attached hydrogen (secondary N) is 1. The van der Waals surface area contributed by atoms with Gasteiger partial charge in [0.2, 0.25) is 0 Å². The molecule has 1 aliphatic rings. The molecule has 1 unspecified atom stereocenters. The lowest BCUT2D eigenvalue weighted by molar-refractivity contribution is -0.0608. The van der Waals surface area contributed by atoms with E-state index in [1.165, 1.54) is 13.3 Å². The van der Waals surface area contributed by atoms with Gasteiger partial charge in [0, 0.05) is 26.0 Å². The number of aromatic nitrogens is 2. The maximum Gasteiger partial charge on any atom is 0.330 e. The molecule has 0 bridgehead atoms. The smallest absolute Gasteiger partial charge is 0.330 e. The fourth-order valence-corrected chi connectivity index (χ4v) is 2.60. The van der Waals surface area contributed by atoms with Gasteiger partial charge in [0.05, 0.1) is 6.61 Å². The average molecular weight is 336 g/mol. The molecule has 22 heavy (non-hydrogen) atoms. The Balaban J connectivity index is 2.23. The molecule has 1 aliphatic heterocycles. The number of H-pyrrole nitrogens is 1. The lowest BCUT2D eigenvalue weighted by Gasteiger charge is -2.19. The van der Waals surface area contributed by atoms with Crippen LogP contribution in [0.3, 0.4) is 0 Å². The number of nitrogens with zero attached hydrogens (tertiary/aromatic N) is 1. The zero-order chi connectivity index (χ0) is 16.5. The lowest BCUT2D eigenvalue weighted by Crippen LogP contribution is -2.38. The number of aromatic amines is 1. The van der Waals surface area contributed by atoms with Crippen molar-refractivity contribution in [1.82, 2.24) is 9.55 Å². The van der Waals surface area contributed by atoms with Crippen LogP contribution in [0.4, 0.5) is 0 Å². The maximum atomic E-state index is 11.8. The molecule has 0 radical (unpaired) electrons. The van der Waals surface area contributed by atoms with Gasteiger partial charge in [-0.3, -0.25) is 18.9 Å². The summed E-state index contributed by atoms with van der Waals surface area (Å²) >= 11 is 0. The summed E-state index contributed by atoms with van der Waals surface area (Å²) in [6.07, 6.45) is -2.85. The molecule has 2 heterocycles. The number of rotatable bonds is 5. The normalized spacial score (nSPS) is 31.1. The summed E-state index contributed by atoms with van der Waals surface area (Å²) in [6.45, 7) is 0.659. The zero-order valence-corrected chi connectivity index (χ0v) is 12.8. The third kappa shape index (κ3) is 3.72. The summed E-state index contributed by atoms with van der Waals surface area (Å²) in [4.78, 5) is 34.1. The molecule has 1 fully saturated rings. The Morgan fingerprint density at radius 3 is 2.73 bits per heavy atom. The van der Waals surface area contributed by atoms with Crippen molar-refractivity contribution >= 4 is 7.60 Å². The molecule has 0 spiro atoms. The highest BCUT2D eigenvalue weighted by Gasteiger charge is 2.46. The van der Waals surface area contributed by atoms with Crippen LogP contribution in [0, 0.1) is 0 Å². The van der Waals surface area contributed by atoms with Crippen LogP contribution in [-0.2, 0) is 18.6 Å². The highest BCUT2D eigenvalue weighted by Crippen LogP contribution is 2.39. The molecule has 0 aromatic carbocycles. The summed E-state index contributed by atoms with van der Waals surface area (Å²) in [7, 11) is -2.41. The van der Waals surface area contributed by atoms with E-state index in [4.69, 9.17) is 18.9 Å². The number of methoxy groups -OCH3 is 1. The van der Waals surface area contributed by atoms with E-state index in [-0.39, 0.29) is 6.61 Å². The van der Waals surface area contributed by atoms with Crippen molar-refractivity contribution in [2.75, 3.05) is 20.4 Å². The van der Waals surface area contributed by atoms with E-state index in [2.05, 4.69) is 4.98 Å². The van der Waals surface area contributed by atoms with Crippen molar-refractivity contribution in [2.24, 2.45) is 0 Å². The first-order chi connectivity index (χ1) is 10.2. The number of aliphatic hydroxyl groups is 1. The molecule has 5 atom stereocenters. The molecule has 1 aromatic rings. The zero-order valence-electron chi connectivity index (χ0n) is 11.9. The number of hydrogen-bond acceptors (Lipinski definition) is 7. The van der Waals surface area contributed by atoms with E-state index in [1.807, 2.05) is 0 Å². The Bertz CT molecular complexity index is 679. The van der Waals surface area contributed by atoms with Crippen LogP contribution >= 0.6 is 7.60 Å². The first-order valence-electron chi connectivity index (χ1n) is 6.35. The van der Waals surface area contributed by atoms with Crippen LogP contribution in [-0.4, -0.2) is 58.2 Å². The van der Waals surface area contributed by atoms with Crippen molar-refractivity contribution in [2.45, 2.75) is 24.5 Å². The van der Waals surface area contributed by atoms with Crippen molar-refractivity contribution in [3.8, 4) is 0 Å². The second kappa shape index (κ2) is 6.45. The largest absolute Gasteiger partial charge is 0.387 e. The summed E-state index contributed by atoms with van der Waals surface area (Å²) in [5.41, 5.74) is -1.29. The minimum absolute atomic E-state index is 0.347. The number of hydrogen-bond donors (Lipinski definition) is 3. The van der Waals surface area contributed by atoms with Gasteiger partial charge in [0.25, 0.3) is 5.56 Å². The van der Waals surface area contributed by atoms with Crippen LogP contribution in [0.25, 0.3) is 0 Å². The van der Waals surface area contributed by atoms with Gasteiger partial charge < -0.3 is 24.0 Å².